The number of hydrogen-bond acceptors (Lipinski definition) is 3. The molecule has 0 rings (SSSR count). The Bertz CT molecular complexity index is 349. The highest BCUT2D eigenvalue weighted by molar-refractivity contribution is 5.81. The summed E-state index contributed by atoms with van der Waals surface area (Å²) >= 11 is 0. The molecule has 0 aliphatic rings. The van der Waals surface area contributed by atoms with Gasteiger partial charge in [-0.1, -0.05) is 13.8 Å². The lowest BCUT2D eigenvalue weighted by molar-refractivity contribution is -0.138. The van der Waals surface area contributed by atoms with Crippen LogP contribution >= 0.6 is 0 Å². The standard InChI is InChI=1S/C15H31N3O3/c1-12(2)10-17(9-8-16(6)7)14(21)18(11-13(19)20)15(3,4)5/h12H,8-11H2,1-7H3,(H,19,20). The van der Waals surface area contributed by atoms with E-state index in [1.807, 2.05) is 39.8 Å². The first-order valence-corrected chi connectivity index (χ1v) is 7.38. The van der Waals surface area contributed by atoms with Crippen LogP contribution in [0.1, 0.15) is 34.6 Å². The third-order valence-corrected chi connectivity index (χ3v) is 3.01. The van der Waals surface area contributed by atoms with Gasteiger partial charge in [0.2, 0.25) is 0 Å². The van der Waals surface area contributed by atoms with Crippen molar-refractivity contribution in [3.05, 3.63) is 0 Å². The van der Waals surface area contributed by atoms with Crippen LogP contribution in [-0.4, -0.2) is 77.6 Å². The molecule has 0 radical (unpaired) electrons. The molecule has 0 heterocycles. The van der Waals surface area contributed by atoms with Gasteiger partial charge in [-0.25, -0.2) is 4.79 Å². The Morgan fingerprint density at radius 2 is 1.62 bits per heavy atom. The van der Waals surface area contributed by atoms with E-state index >= 15 is 0 Å². The Morgan fingerprint density at radius 1 is 1.10 bits per heavy atom. The molecule has 0 atom stereocenters. The van der Waals surface area contributed by atoms with E-state index in [2.05, 4.69) is 13.8 Å². The molecular formula is C15H31N3O3. The molecule has 0 aromatic carbocycles. The van der Waals surface area contributed by atoms with E-state index in [0.29, 0.717) is 19.0 Å². The number of carbonyl (C=O) groups excluding carboxylic acids is 1. The molecule has 6 heteroatoms. The van der Waals surface area contributed by atoms with E-state index in [9.17, 15) is 9.59 Å². The third-order valence-electron chi connectivity index (χ3n) is 3.01. The second kappa shape index (κ2) is 8.22. The van der Waals surface area contributed by atoms with Gasteiger partial charge in [0.15, 0.2) is 0 Å². The Kier molecular flexibility index (Phi) is 7.71. The molecule has 0 spiro atoms. The van der Waals surface area contributed by atoms with Gasteiger partial charge in [0.1, 0.15) is 6.54 Å². The van der Waals surface area contributed by atoms with Crippen LogP contribution in [0.3, 0.4) is 0 Å². The van der Waals surface area contributed by atoms with Crippen LogP contribution in [0, 0.1) is 5.92 Å². The predicted molar refractivity (Wildman–Crippen MR) is 84.5 cm³/mol. The fourth-order valence-corrected chi connectivity index (χ4v) is 1.92. The zero-order chi connectivity index (χ0) is 16.8. The van der Waals surface area contributed by atoms with E-state index in [4.69, 9.17) is 5.11 Å². The molecule has 0 saturated heterocycles. The highest BCUT2D eigenvalue weighted by Gasteiger charge is 2.31. The van der Waals surface area contributed by atoms with Crippen LogP contribution in [0.5, 0.6) is 0 Å². The summed E-state index contributed by atoms with van der Waals surface area (Å²) in [4.78, 5) is 29.0. The first-order chi connectivity index (χ1) is 9.45. The van der Waals surface area contributed by atoms with Crippen molar-refractivity contribution < 1.29 is 14.7 Å². The lowest BCUT2D eigenvalue weighted by Crippen LogP contribution is -2.55. The topological polar surface area (TPSA) is 64.1 Å². The lowest BCUT2D eigenvalue weighted by atomic mass is 10.1. The number of aliphatic carboxylic acids is 1. The SMILES string of the molecule is CC(C)CN(CCN(C)C)C(=O)N(CC(=O)O)C(C)(C)C. The van der Waals surface area contributed by atoms with E-state index in [0.717, 1.165) is 6.54 Å². The van der Waals surface area contributed by atoms with Gasteiger partial charge >= 0.3 is 12.0 Å². The molecule has 0 aliphatic heterocycles. The van der Waals surface area contributed by atoms with Crippen LogP contribution in [-0.2, 0) is 4.79 Å². The molecule has 2 amide bonds. The summed E-state index contributed by atoms with van der Waals surface area (Å²) in [6.07, 6.45) is 0. The van der Waals surface area contributed by atoms with Gasteiger partial charge in [0, 0.05) is 25.2 Å². The van der Waals surface area contributed by atoms with Crippen molar-refractivity contribution in [2.45, 2.75) is 40.2 Å². The number of carbonyl (C=O) groups is 2. The number of amides is 2. The van der Waals surface area contributed by atoms with Crippen molar-refractivity contribution >= 4 is 12.0 Å². The van der Waals surface area contributed by atoms with Gasteiger partial charge in [-0.05, 0) is 40.8 Å². The summed E-state index contributed by atoms with van der Waals surface area (Å²) in [5.74, 6) is -0.654. The Labute approximate surface area is 128 Å². The number of hydrogen-bond donors (Lipinski definition) is 1. The Hall–Kier alpha value is -1.30. The summed E-state index contributed by atoms with van der Waals surface area (Å²) in [5.41, 5.74) is -0.525. The first kappa shape index (κ1) is 19.7. The van der Waals surface area contributed by atoms with Crippen LogP contribution in [0.2, 0.25) is 0 Å². The molecule has 6 nitrogen and oxygen atoms in total. The van der Waals surface area contributed by atoms with Gasteiger partial charge in [0.25, 0.3) is 0 Å². The second-order valence-corrected chi connectivity index (χ2v) is 7.08. The van der Waals surface area contributed by atoms with Crippen LogP contribution in [0.15, 0.2) is 0 Å². The largest absolute Gasteiger partial charge is 0.480 e. The average molecular weight is 301 g/mol. The van der Waals surface area contributed by atoms with Crippen LogP contribution in [0.25, 0.3) is 0 Å². The molecule has 124 valence electrons. The zero-order valence-electron chi connectivity index (χ0n) is 14.5. The Balaban J connectivity index is 5.13. The number of carboxylic acids is 1. The van der Waals surface area contributed by atoms with Crippen molar-refractivity contribution in [2.75, 3.05) is 40.3 Å². The first-order valence-electron chi connectivity index (χ1n) is 7.38. The van der Waals surface area contributed by atoms with Crippen molar-refractivity contribution in [3.63, 3.8) is 0 Å². The zero-order valence-corrected chi connectivity index (χ0v) is 14.5. The molecule has 0 fully saturated rings. The summed E-state index contributed by atoms with van der Waals surface area (Å²) in [6, 6.07) is -0.208. The van der Waals surface area contributed by atoms with E-state index in [-0.39, 0.29) is 12.6 Å². The predicted octanol–water partition coefficient (Wildman–Crippen LogP) is 1.81. The molecule has 0 unspecified atom stereocenters. The van der Waals surface area contributed by atoms with Gasteiger partial charge in [-0.2, -0.15) is 0 Å². The van der Waals surface area contributed by atoms with E-state index in [1.54, 1.807) is 4.90 Å². The quantitative estimate of drug-likeness (QED) is 0.779. The van der Waals surface area contributed by atoms with Crippen molar-refractivity contribution in [1.82, 2.24) is 14.7 Å². The van der Waals surface area contributed by atoms with Gasteiger partial charge in [0.05, 0.1) is 0 Å². The molecule has 1 N–H and O–H groups in total. The molecule has 0 saturated carbocycles. The summed E-state index contributed by atoms with van der Waals surface area (Å²) in [7, 11) is 3.91. The smallest absolute Gasteiger partial charge is 0.323 e. The molecular weight excluding hydrogens is 270 g/mol. The fraction of sp³-hybridized carbons (Fsp3) is 0.867. The highest BCUT2D eigenvalue weighted by atomic mass is 16.4. The average Bonchev–Trinajstić information content (AvgIpc) is 2.28. The second-order valence-electron chi connectivity index (χ2n) is 7.08. The number of carboxylic acid groups (broad SMARTS) is 1. The third kappa shape index (κ3) is 7.90. The minimum Gasteiger partial charge on any atom is -0.480 e. The van der Waals surface area contributed by atoms with Crippen molar-refractivity contribution in [1.29, 1.82) is 0 Å². The lowest BCUT2D eigenvalue weighted by Gasteiger charge is -2.39. The summed E-state index contributed by atoms with van der Waals surface area (Å²) in [6.45, 7) is 11.4. The van der Waals surface area contributed by atoms with Gasteiger partial charge < -0.3 is 19.8 Å². The van der Waals surface area contributed by atoms with E-state index in [1.165, 1.54) is 4.90 Å². The molecule has 0 bridgehead atoms. The van der Waals surface area contributed by atoms with Crippen LogP contribution < -0.4 is 0 Å². The number of likely N-dealkylation sites (N-methyl/N-ethyl adjacent to an activating group) is 1. The number of nitrogens with zero attached hydrogens (tertiary/aromatic N) is 3. The molecule has 0 aromatic heterocycles. The number of rotatable bonds is 7. The summed E-state index contributed by atoms with van der Waals surface area (Å²) < 4.78 is 0. The van der Waals surface area contributed by atoms with Crippen LogP contribution in [0.4, 0.5) is 4.79 Å². The maximum Gasteiger partial charge on any atom is 0.323 e. The van der Waals surface area contributed by atoms with Crippen molar-refractivity contribution in [2.24, 2.45) is 5.92 Å². The number of urea groups is 1. The van der Waals surface area contributed by atoms with Gasteiger partial charge in [-0.3, -0.25) is 4.79 Å². The fourth-order valence-electron chi connectivity index (χ4n) is 1.92. The van der Waals surface area contributed by atoms with Crippen molar-refractivity contribution in [3.8, 4) is 0 Å². The normalized spacial score (nSPS) is 11.9. The molecule has 0 aliphatic carbocycles. The Morgan fingerprint density at radius 3 is 1.95 bits per heavy atom. The molecule has 21 heavy (non-hydrogen) atoms. The monoisotopic (exact) mass is 301 g/mol. The maximum atomic E-state index is 12.7. The maximum absolute atomic E-state index is 12.7. The summed E-state index contributed by atoms with van der Waals surface area (Å²) in [5, 5.41) is 9.06. The molecule has 0 aromatic rings. The minimum absolute atomic E-state index is 0.208. The minimum atomic E-state index is -0.990. The van der Waals surface area contributed by atoms with E-state index < -0.39 is 11.5 Å². The van der Waals surface area contributed by atoms with Gasteiger partial charge in [-0.15, -0.1) is 0 Å². The highest BCUT2D eigenvalue weighted by Crippen LogP contribution is 2.16.